The lowest BCUT2D eigenvalue weighted by Gasteiger charge is -2.18. The molecule has 0 fully saturated rings. The van der Waals surface area contributed by atoms with Gasteiger partial charge >= 0.3 is 0 Å². The molecule has 28 heavy (non-hydrogen) atoms. The molecule has 3 rings (SSSR count). The number of amides is 2. The van der Waals surface area contributed by atoms with Crippen LogP contribution < -0.4 is 16.4 Å². The number of rotatable bonds is 9. The van der Waals surface area contributed by atoms with E-state index in [2.05, 4.69) is 15.6 Å². The van der Waals surface area contributed by atoms with Crippen LogP contribution in [0.3, 0.4) is 0 Å². The van der Waals surface area contributed by atoms with Crippen molar-refractivity contribution < 1.29 is 9.59 Å². The van der Waals surface area contributed by atoms with Crippen molar-refractivity contribution >= 4 is 22.7 Å². The molecule has 1 heterocycles. The summed E-state index contributed by atoms with van der Waals surface area (Å²) in [5.74, 6) is -0.405. The molecule has 2 aromatic carbocycles. The third-order valence-corrected chi connectivity index (χ3v) is 4.68. The largest absolute Gasteiger partial charge is 0.361 e. The van der Waals surface area contributed by atoms with E-state index in [1.54, 1.807) is 0 Å². The number of aromatic amines is 1. The van der Waals surface area contributed by atoms with E-state index in [1.165, 1.54) is 0 Å². The topological polar surface area (TPSA) is 100 Å². The van der Waals surface area contributed by atoms with Crippen LogP contribution in [-0.2, 0) is 22.4 Å². The Kier molecular flexibility index (Phi) is 6.81. The molecular weight excluding hydrogens is 352 g/mol. The maximum atomic E-state index is 12.8. The molecule has 5 N–H and O–H groups in total. The van der Waals surface area contributed by atoms with Gasteiger partial charge in [0.15, 0.2) is 0 Å². The van der Waals surface area contributed by atoms with Crippen LogP contribution in [0.1, 0.15) is 17.5 Å². The van der Waals surface area contributed by atoms with Crippen molar-refractivity contribution in [3.8, 4) is 0 Å². The molecule has 0 bridgehead atoms. The first-order valence-corrected chi connectivity index (χ1v) is 9.53. The van der Waals surface area contributed by atoms with E-state index in [1.807, 2.05) is 60.8 Å². The summed E-state index contributed by atoms with van der Waals surface area (Å²) >= 11 is 0. The first-order valence-electron chi connectivity index (χ1n) is 9.53. The summed E-state index contributed by atoms with van der Waals surface area (Å²) in [6.45, 7) is 0.765. The predicted octanol–water partition coefficient (Wildman–Crippen LogP) is 1.90. The Morgan fingerprint density at radius 3 is 2.57 bits per heavy atom. The fourth-order valence-electron chi connectivity index (χ4n) is 3.23. The first-order chi connectivity index (χ1) is 13.7. The summed E-state index contributed by atoms with van der Waals surface area (Å²) in [4.78, 5) is 28.0. The van der Waals surface area contributed by atoms with Crippen molar-refractivity contribution in [3.63, 3.8) is 0 Å². The normalized spacial score (nSPS) is 11.9. The molecule has 1 unspecified atom stereocenters. The Hall–Kier alpha value is -3.12. The molecule has 0 aliphatic carbocycles. The van der Waals surface area contributed by atoms with Gasteiger partial charge in [0.05, 0.1) is 0 Å². The predicted molar refractivity (Wildman–Crippen MR) is 111 cm³/mol. The van der Waals surface area contributed by atoms with Crippen LogP contribution in [0.5, 0.6) is 0 Å². The molecule has 6 nitrogen and oxygen atoms in total. The minimum Gasteiger partial charge on any atom is -0.361 e. The van der Waals surface area contributed by atoms with Crippen molar-refractivity contribution in [2.75, 3.05) is 13.1 Å². The Balaban J connectivity index is 1.67. The molecule has 1 aromatic heterocycles. The molecule has 0 saturated carbocycles. The zero-order chi connectivity index (χ0) is 19.8. The number of hydrogen-bond acceptors (Lipinski definition) is 3. The second kappa shape index (κ2) is 9.71. The van der Waals surface area contributed by atoms with Crippen LogP contribution in [0, 0.1) is 0 Å². The van der Waals surface area contributed by atoms with Crippen molar-refractivity contribution in [2.24, 2.45) is 5.73 Å². The average Bonchev–Trinajstić information content (AvgIpc) is 3.11. The van der Waals surface area contributed by atoms with E-state index < -0.39 is 6.04 Å². The van der Waals surface area contributed by atoms with Crippen LogP contribution in [0.25, 0.3) is 10.9 Å². The van der Waals surface area contributed by atoms with Gasteiger partial charge in [-0.1, -0.05) is 48.5 Å². The van der Waals surface area contributed by atoms with Crippen LogP contribution in [0.4, 0.5) is 0 Å². The third kappa shape index (κ3) is 5.20. The molecule has 3 aromatic rings. The lowest BCUT2D eigenvalue weighted by molar-refractivity contribution is -0.128. The number of H-pyrrole nitrogens is 1. The number of nitrogens with one attached hydrogen (secondary N) is 3. The van der Waals surface area contributed by atoms with E-state index in [4.69, 9.17) is 5.73 Å². The number of carbonyl (C=O) groups excluding carboxylic acids is 2. The first kappa shape index (κ1) is 19.6. The number of para-hydroxylation sites is 1. The highest BCUT2D eigenvalue weighted by Gasteiger charge is 2.22. The number of carbonyl (C=O) groups is 2. The highest BCUT2D eigenvalue weighted by atomic mass is 16.2. The zero-order valence-electron chi connectivity index (χ0n) is 15.8. The maximum Gasteiger partial charge on any atom is 0.242 e. The zero-order valence-corrected chi connectivity index (χ0v) is 15.8. The second-order valence-electron chi connectivity index (χ2n) is 6.75. The molecule has 2 amide bonds. The Morgan fingerprint density at radius 2 is 1.79 bits per heavy atom. The van der Waals surface area contributed by atoms with Crippen LogP contribution in [0.15, 0.2) is 60.8 Å². The molecule has 0 saturated heterocycles. The van der Waals surface area contributed by atoms with E-state index in [0.717, 1.165) is 28.5 Å². The Morgan fingerprint density at radius 1 is 1.04 bits per heavy atom. The summed E-state index contributed by atoms with van der Waals surface area (Å²) in [5.41, 5.74) is 8.63. The Labute approximate surface area is 164 Å². The van der Waals surface area contributed by atoms with Gasteiger partial charge in [-0.3, -0.25) is 9.59 Å². The van der Waals surface area contributed by atoms with Gasteiger partial charge in [0, 0.05) is 43.0 Å². The van der Waals surface area contributed by atoms with Gasteiger partial charge in [0.2, 0.25) is 11.8 Å². The van der Waals surface area contributed by atoms with E-state index in [9.17, 15) is 9.59 Å². The molecule has 6 heteroatoms. The summed E-state index contributed by atoms with van der Waals surface area (Å²) in [6, 6.07) is 17.2. The molecule has 0 aliphatic heterocycles. The number of fused-ring (bicyclic) bond motifs is 1. The van der Waals surface area contributed by atoms with Gasteiger partial charge < -0.3 is 21.4 Å². The lowest BCUT2D eigenvalue weighted by Crippen LogP contribution is -2.48. The molecule has 0 spiro atoms. The molecule has 0 radical (unpaired) electrons. The van der Waals surface area contributed by atoms with Crippen LogP contribution >= 0.6 is 0 Å². The number of hydrogen-bond donors (Lipinski definition) is 4. The summed E-state index contributed by atoms with van der Waals surface area (Å²) in [5, 5.41) is 6.82. The van der Waals surface area contributed by atoms with E-state index >= 15 is 0 Å². The van der Waals surface area contributed by atoms with Gasteiger partial charge in [-0.15, -0.1) is 0 Å². The van der Waals surface area contributed by atoms with Crippen molar-refractivity contribution in [3.05, 3.63) is 71.9 Å². The van der Waals surface area contributed by atoms with E-state index in [-0.39, 0.29) is 24.8 Å². The molecular formula is C22H26N4O2. The minimum atomic E-state index is -0.644. The molecule has 0 aliphatic rings. The third-order valence-electron chi connectivity index (χ3n) is 4.68. The SMILES string of the molecule is NCCC(=O)NC(Cc1c[nH]c2ccccc12)C(=O)NCCc1ccccc1. The van der Waals surface area contributed by atoms with Gasteiger partial charge in [-0.2, -0.15) is 0 Å². The maximum absolute atomic E-state index is 12.8. The van der Waals surface area contributed by atoms with Gasteiger partial charge in [-0.05, 0) is 23.6 Å². The van der Waals surface area contributed by atoms with Crippen molar-refractivity contribution in [1.82, 2.24) is 15.6 Å². The smallest absolute Gasteiger partial charge is 0.242 e. The van der Waals surface area contributed by atoms with Gasteiger partial charge in [0.1, 0.15) is 6.04 Å². The monoisotopic (exact) mass is 378 g/mol. The minimum absolute atomic E-state index is 0.188. The van der Waals surface area contributed by atoms with Crippen molar-refractivity contribution in [2.45, 2.75) is 25.3 Å². The van der Waals surface area contributed by atoms with E-state index in [0.29, 0.717) is 13.0 Å². The highest BCUT2D eigenvalue weighted by molar-refractivity contribution is 5.89. The molecule has 146 valence electrons. The summed E-state index contributed by atoms with van der Waals surface area (Å²) in [6.07, 6.45) is 3.24. The molecule has 1 atom stereocenters. The number of benzene rings is 2. The fourth-order valence-corrected chi connectivity index (χ4v) is 3.23. The standard InChI is InChI=1S/C22H26N4O2/c23-12-10-21(27)26-20(14-17-15-25-19-9-5-4-8-18(17)19)22(28)24-13-11-16-6-2-1-3-7-16/h1-9,15,20,25H,10-14,23H2,(H,24,28)(H,26,27). The second-order valence-corrected chi connectivity index (χ2v) is 6.75. The highest BCUT2D eigenvalue weighted by Crippen LogP contribution is 2.19. The van der Waals surface area contributed by atoms with Gasteiger partial charge in [-0.25, -0.2) is 0 Å². The fraction of sp³-hybridized carbons (Fsp3) is 0.273. The van der Waals surface area contributed by atoms with Crippen molar-refractivity contribution in [1.29, 1.82) is 0 Å². The van der Waals surface area contributed by atoms with Crippen LogP contribution in [0.2, 0.25) is 0 Å². The Bertz CT molecular complexity index is 920. The van der Waals surface area contributed by atoms with Crippen LogP contribution in [-0.4, -0.2) is 35.9 Å². The number of aromatic nitrogens is 1. The average molecular weight is 378 g/mol. The summed E-state index contributed by atoms with van der Waals surface area (Å²) in [7, 11) is 0. The quantitative estimate of drug-likeness (QED) is 0.457. The summed E-state index contributed by atoms with van der Waals surface area (Å²) < 4.78 is 0. The lowest BCUT2D eigenvalue weighted by atomic mass is 10.0. The van der Waals surface area contributed by atoms with Gasteiger partial charge in [0.25, 0.3) is 0 Å². The number of nitrogens with two attached hydrogens (primary N) is 1.